The van der Waals surface area contributed by atoms with Crippen molar-refractivity contribution in [3.05, 3.63) is 35.3 Å². The normalized spacial score (nSPS) is 22.6. The van der Waals surface area contributed by atoms with E-state index >= 15 is 0 Å². The summed E-state index contributed by atoms with van der Waals surface area (Å²) < 4.78 is 2.15. The Morgan fingerprint density at radius 1 is 1.43 bits per heavy atom. The zero-order valence-electron chi connectivity index (χ0n) is 12.6. The highest BCUT2D eigenvalue weighted by Crippen LogP contribution is 2.14. The maximum absolute atomic E-state index is 10.9. The van der Waals surface area contributed by atoms with Gasteiger partial charge in [0.1, 0.15) is 12.2 Å². The summed E-state index contributed by atoms with van der Waals surface area (Å²) in [4.78, 5) is 17.0. The van der Waals surface area contributed by atoms with Crippen molar-refractivity contribution >= 4 is 11.6 Å². The van der Waals surface area contributed by atoms with Crippen LogP contribution in [0.25, 0.3) is 5.65 Å². The Morgan fingerprint density at radius 2 is 2.14 bits per heavy atom. The molecule has 0 bridgehead atoms. The number of hydrogen-bond donors (Lipinski definition) is 1. The molecule has 2 aromatic rings. The predicted molar refractivity (Wildman–Crippen MR) is 76.8 cm³/mol. The van der Waals surface area contributed by atoms with Gasteiger partial charge in [-0.15, -0.1) is 0 Å². The zero-order valence-corrected chi connectivity index (χ0v) is 12.6. The summed E-state index contributed by atoms with van der Waals surface area (Å²) in [7, 11) is 0. The average molecular weight is 287 g/mol. The van der Waals surface area contributed by atoms with E-state index in [1.807, 2.05) is 6.92 Å². The number of imidazole rings is 1. The molecule has 0 radical (unpaired) electrons. The molecule has 3 heterocycles. The van der Waals surface area contributed by atoms with Crippen LogP contribution >= 0.6 is 0 Å². The van der Waals surface area contributed by atoms with Crippen molar-refractivity contribution in [1.82, 2.24) is 9.38 Å². The molecule has 1 N–H and O–H groups in total. The molecule has 3 rings (SSSR count). The molecular formula is C16H21N3O2. The molecule has 5 heteroatoms. The van der Waals surface area contributed by atoms with Crippen LogP contribution in [0.2, 0.25) is 0 Å². The monoisotopic (exact) mass is 287 g/mol. The molecule has 5 nitrogen and oxygen atoms in total. The lowest BCUT2D eigenvalue weighted by atomic mass is 9.97. The number of carboxylic acid groups (broad SMARTS) is 1. The fourth-order valence-electron chi connectivity index (χ4n) is 3.20. The summed E-state index contributed by atoms with van der Waals surface area (Å²) in [5, 5.41) is 10.9. The lowest BCUT2D eigenvalue weighted by Crippen LogP contribution is -3.12. The third kappa shape index (κ3) is 2.78. The Labute approximate surface area is 124 Å². The van der Waals surface area contributed by atoms with Gasteiger partial charge in [-0.2, -0.15) is 0 Å². The van der Waals surface area contributed by atoms with Gasteiger partial charge >= 0.3 is 0 Å². The topological polar surface area (TPSA) is 61.9 Å². The number of rotatable bonds is 3. The van der Waals surface area contributed by atoms with Crippen molar-refractivity contribution < 1.29 is 14.8 Å². The smallest absolute Gasteiger partial charge is 0.137 e. The largest absolute Gasteiger partial charge is 0.550 e. The van der Waals surface area contributed by atoms with Gasteiger partial charge < -0.3 is 14.8 Å². The number of fused-ring (bicyclic) bond motifs is 1. The standard InChI is InChI=1S/C16H21N3O2/c1-11-3-8-19-14(12(2)17-15(19)9-11)10-18-6-4-13(5-7-18)16(20)21/h3,8-9,13H,4-7,10H2,1-2H3,(H,20,21). The van der Waals surface area contributed by atoms with Crippen molar-refractivity contribution in [3.8, 4) is 0 Å². The third-order valence-corrected chi connectivity index (χ3v) is 4.52. The van der Waals surface area contributed by atoms with E-state index in [1.54, 1.807) is 0 Å². The molecule has 0 atom stereocenters. The van der Waals surface area contributed by atoms with Crippen LogP contribution in [-0.2, 0) is 11.3 Å². The lowest BCUT2D eigenvalue weighted by Gasteiger charge is -2.29. The highest BCUT2D eigenvalue weighted by atomic mass is 16.4. The number of nitrogens with one attached hydrogen (secondary N) is 1. The van der Waals surface area contributed by atoms with Crippen molar-refractivity contribution in [1.29, 1.82) is 0 Å². The Morgan fingerprint density at radius 3 is 2.81 bits per heavy atom. The first-order valence-corrected chi connectivity index (χ1v) is 7.53. The van der Waals surface area contributed by atoms with Crippen LogP contribution in [0.4, 0.5) is 0 Å². The van der Waals surface area contributed by atoms with Crippen LogP contribution in [-0.4, -0.2) is 28.4 Å². The van der Waals surface area contributed by atoms with Crippen LogP contribution in [0, 0.1) is 19.8 Å². The minimum absolute atomic E-state index is 0.264. The van der Waals surface area contributed by atoms with Crippen LogP contribution < -0.4 is 10.0 Å². The second-order valence-electron chi connectivity index (χ2n) is 6.10. The minimum Gasteiger partial charge on any atom is -0.550 e. The summed E-state index contributed by atoms with van der Waals surface area (Å²) >= 11 is 0. The zero-order chi connectivity index (χ0) is 15.0. The number of hydrogen-bond acceptors (Lipinski definition) is 3. The second-order valence-corrected chi connectivity index (χ2v) is 6.10. The molecule has 1 saturated heterocycles. The van der Waals surface area contributed by atoms with Gasteiger partial charge in [0.15, 0.2) is 0 Å². The number of aryl methyl sites for hydroxylation is 2. The maximum atomic E-state index is 10.9. The Hall–Kier alpha value is -1.88. The van der Waals surface area contributed by atoms with Crippen molar-refractivity contribution in [2.24, 2.45) is 5.92 Å². The van der Waals surface area contributed by atoms with Gasteiger partial charge in [-0.3, -0.25) is 4.40 Å². The molecule has 112 valence electrons. The lowest BCUT2D eigenvalue weighted by molar-refractivity contribution is -0.919. The number of carbonyl (C=O) groups is 1. The molecule has 1 aliphatic heterocycles. The number of aromatic nitrogens is 2. The van der Waals surface area contributed by atoms with E-state index in [2.05, 4.69) is 34.6 Å². The number of quaternary nitrogens is 1. The molecule has 0 amide bonds. The number of pyridine rings is 1. The molecule has 0 spiro atoms. The number of aliphatic carboxylic acids is 1. The van der Waals surface area contributed by atoms with Gasteiger partial charge in [0.25, 0.3) is 0 Å². The number of carbonyl (C=O) groups excluding carboxylic acids is 1. The van der Waals surface area contributed by atoms with Gasteiger partial charge in [0.2, 0.25) is 0 Å². The Bertz CT molecular complexity index is 669. The van der Waals surface area contributed by atoms with Crippen LogP contribution in [0.5, 0.6) is 0 Å². The van der Waals surface area contributed by atoms with E-state index in [9.17, 15) is 9.90 Å². The first-order chi connectivity index (χ1) is 10.0. The van der Waals surface area contributed by atoms with E-state index in [0.29, 0.717) is 12.8 Å². The second kappa shape index (κ2) is 5.48. The highest BCUT2D eigenvalue weighted by molar-refractivity contribution is 5.67. The van der Waals surface area contributed by atoms with Gasteiger partial charge in [0, 0.05) is 30.9 Å². The molecule has 1 fully saturated rings. The average Bonchev–Trinajstić information content (AvgIpc) is 2.75. The Balaban J connectivity index is 1.77. The summed E-state index contributed by atoms with van der Waals surface area (Å²) in [5.41, 5.74) is 4.50. The minimum atomic E-state index is -0.893. The van der Waals surface area contributed by atoms with Gasteiger partial charge in [-0.25, -0.2) is 4.98 Å². The van der Waals surface area contributed by atoms with Crippen molar-refractivity contribution in [2.45, 2.75) is 33.2 Å². The highest BCUT2D eigenvalue weighted by Gasteiger charge is 2.24. The Kier molecular flexibility index (Phi) is 3.68. The van der Waals surface area contributed by atoms with Crippen LogP contribution in [0.1, 0.15) is 29.8 Å². The fraction of sp³-hybridized carbons (Fsp3) is 0.500. The van der Waals surface area contributed by atoms with E-state index in [-0.39, 0.29) is 5.92 Å². The molecule has 1 aliphatic rings. The molecule has 0 saturated carbocycles. The summed E-state index contributed by atoms with van der Waals surface area (Å²) in [6.45, 7) is 6.79. The fourth-order valence-corrected chi connectivity index (χ4v) is 3.20. The van der Waals surface area contributed by atoms with Crippen molar-refractivity contribution in [3.63, 3.8) is 0 Å². The molecular weight excluding hydrogens is 266 g/mol. The summed E-state index contributed by atoms with van der Waals surface area (Å²) in [6.07, 6.45) is 3.51. The van der Waals surface area contributed by atoms with Gasteiger partial charge in [0.05, 0.1) is 24.5 Å². The molecule has 0 aliphatic carbocycles. The summed E-state index contributed by atoms with van der Waals surface area (Å²) in [6, 6.07) is 4.18. The summed E-state index contributed by atoms with van der Waals surface area (Å²) in [5.74, 6) is -1.16. The van der Waals surface area contributed by atoms with Crippen molar-refractivity contribution in [2.75, 3.05) is 13.1 Å². The maximum Gasteiger partial charge on any atom is 0.137 e. The van der Waals surface area contributed by atoms with E-state index in [4.69, 9.17) is 0 Å². The van der Waals surface area contributed by atoms with Crippen LogP contribution in [0.3, 0.4) is 0 Å². The number of likely N-dealkylation sites (tertiary alicyclic amines) is 1. The van der Waals surface area contributed by atoms with E-state index in [0.717, 1.165) is 31.0 Å². The SMILES string of the molecule is Cc1ccn2c(C[NH+]3CCC(C(=O)[O-])CC3)c(C)nc2c1. The molecule has 2 aromatic heterocycles. The van der Waals surface area contributed by atoms with Gasteiger partial charge in [-0.1, -0.05) is 0 Å². The van der Waals surface area contributed by atoms with Gasteiger partial charge in [-0.05, 0) is 31.5 Å². The molecule has 0 aromatic carbocycles. The van der Waals surface area contributed by atoms with E-state index in [1.165, 1.54) is 16.2 Å². The predicted octanol–water partition coefficient (Wildman–Crippen LogP) is -0.504. The molecule has 21 heavy (non-hydrogen) atoms. The van der Waals surface area contributed by atoms with Crippen LogP contribution in [0.15, 0.2) is 18.3 Å². The third-order valence-electron chi connectivity index (χ3n) is 4.52. The number of piperidine rings is 1. The molecule has 0 unspecified atom stereocenters. The quantitative estimate of drug-likeness (QED) is 0.827. The number of nitrogens with zero attached hydrogens (tertiary/aromatic N) is 2. The first kappa shape index (κ1) is 14.1. The number of carboxylic acids is 1. The first-order valence-electron chi connectivity index (χ1n) is 7.53. The van der Waals surface area contributed by atoms with E-state index < -0.39 is 5.97 Å².